The monoisotopic (exact) mass is 554 g/mol. The van der Waals surface area contributed by atoms with Crippen molar-refractivity contribution in [3.8, 4) is 5.69 Å². The molecule has 1 aliphatic rings. The predicted octanol–water partition coefficient (Wildman–Crippen LogP) is 1.16. The first-order chi connectivity index (χ1) is 19.2. The van der Waals surface area contributed by atoms with Gasteiger partial charge in [0.1, 0.15) is 24.5 Å². The summed E-state index contributed by atoms with van der Waals surface area (Å²) in [6, 6.07) is 8.56. The van der Waals surface area contributed by atoms with Gasteiger partial charge < -0.3 is 14.7 Å². The van der Waals surface area contributed by atoms with Crippen molar-refractivity contribution < 1.29 is 32.9 Å². The van der Waals surface area contributed by atoms with Crippen molar-refractivity contribution in [1.82, 2.24) is 34.8 Å². The number of carbonyl (C=O) groups is 2. The molecule has 13 nitrogen and oxygen atoms in total. The van der Waals surface area contributed by atoms with E-state index in [0.29, 0.717) is 24.0 Å². The quantitative estimate of drug-likeness (QED) is 0.241. The second kappa shape index (κ2) is 10.8. The molecule has 0 aliphatic carbocycles. The van der Waals surface area contributed by atoms with Gasteiger partial charge in [0, 0.05) is 37.3 Å². The molecule has 1 aliphatic heterocycles. The van der Waals surface area contributed by atoms with Crippen LogP contribution in [0.4, 0.5) is 19.3 Å². The first-order valence-electron chi connectivity index (χ1n) is 12.3. The van der Waals surface area contributed by atoms with E-state index in [9.17, 15) is 19.1 Å². The number of amides is 2. The number of nitrogens with zero attached hydrogens (tertiary/aromatic N) is 9. The third kappa shape index (κ3) is 5.22. The van der Waals surface area contributed by atoms with Crippen LogP contribution in [-0.2, 0) is 28.4 Å². The van der Waals surface area contributed by atoms with E-state index in [1.165, 1.54) is 44.7 Å². The molecule has 1 fully saturated rings. The molecule has 2 amide bonds. The zero-order chi connectivity index (χ0) is 28.4. The SMILES string of the molecule is CC(=O)OCn1cn[n+](C[C@](O)(c2ccc(F)cc2F)[C@@H](C)N2CCN(c3ccc(-n4cnnn4)cc3)C2=O)c1. The Labute approximate surface area is 226 Å². The summed E-state index contributed by atoms with van der Waals surface area (Å²) >= 11 is 0. The van der Waals surface area contributed by atoms with Gasteiger partial charge in [0.05, 0.1) is 11.7 Å². The van der Waals surface area contributed by atoms with Crippen molar-refractivity contribution >= 4 is 17.7 Å². The summed E-state index contributed by atoms with van der Waals surface area (Å²) < 4.78 is 38.1. The van der Waals surface area contributed by atoms with Crippen LogP contribution in [0, 0.1) is 11.6 Å². The van der Waals surface area contributed by atoms with E-state index in [4.69, 9.17) is 4.74 Å². The highest BCUT2D eigenvalue weighted by Gasteiger charge is 2.48. The molecule has 2 aromatic heterocycles. The van der Waals surface area contributed by atoms with Crippen molar-refractivity contribution in [2.75, 3.05) is 18.0 Å². The number of tetrazole rings is 1. The second-order valence-corrected chi connectivity index (χ2v) is 9.35. The number of hydrogen-bond acceptors (Lipinski definition) is 8. The zero-order valence-electron chi connectivity index (χ0n) is 21.6. The molecular weight excluding hydrogens is 528 g/mol. The highest BCUT2D eigenvalue weighted by atomic mass is 19.1. The van der Waals surface area contributed by atoms with Gasteiger partial charge in [-0.15, -0.1) is 9.78 Å². The van der Waals surface area contributed by atoms with E-state index in [0.717, 1.165) is 12.1 Å². The molecule has 0 spiro atoms. The summed E-state index contributed by atoms with van der Waals surface area (Å²) in [7, 11) is 0. The number of aliphatic hydroxyl groups is 1. The standard InChI is InChI=1S/C25H26F2N9O4/c1-17(34-9-10-35(24(34)38)20-4-6-21(7-5-20)36-13-28-30-31-36)25(39,22-8-3-19(26)11-23(22)27)12-33-15-32(14-29-33)16-40-18(2)37/h3-8,11,13-15,17,39H,9-10,12,16H2,1-2H3/q+1/t17-,25-/m1/s1. The van der Waals surface area contributed by atoms with Gasteiger partial charge in [-0.1, -0.05) is 6.07 Å². The molecule has 0 unspecified atom stereocenters. The Balaban J connectivity index is 1.41. The number of ether oxygens (including phenoxy) is 1. The number of halogens is 2. The first kappa shape index (κ1) is 26.8. The van der Waals surface area contributed by atoms with Gasteiger partial charge >= 0.3 is 12.0 Å². The fraction of sp³-hybridized carbons (Fsp3) is 0.320. The Kier molecular flexibility index (Phi) is 7.21. The number of benzene rings is 2. The van der Waals surface area contributed by atoms with Crippen LogP contribution in [0.1, 0.15) is 19.4 Å². The number of esters is 1. The van der Waals surface area contributed by atoms with E-state index in [-0.39, 0.29) is 25.4 Å². The molecule has 208 valence electrons. The molecule has 15 heteroatoms. The van der Waals surface area contributed by atoms with E-state index in [1.54, 1.807) is 36.1 Å². The number of urea groups is 1. The van der Waals surface area contributed by atoms with Crippen LogP contribution in [-0.4, -0.2) is 71.0 Å². The molecule has 0 saturated carbocycles. The zero-order valence-corrected chi connectivity index (χ0v) is 21.6. The minimum atomic E-state index is -2.02. The lowest BCUT2D eigenvalue weighted by Gasteiger charge is -2.38. The van der Waals surface area contributed by atoms with Crippen molar-refractivity contribution in [2.45, 2.75) is 38.8 Å². The maximum Gasteiger partial charge on any atom is 0.324 e. The molecular formula is C25H26F2N9O4+. The van der Waals surface area contributed by atoms with Crippen LogP contribution in [0.3, 0.4) is 0 Å². The van der Waals surface area contributed by atoms with Crippen LogP contribution in [0.15, 0.2) is 61.4 Å². The second-order valence-electron chi connectivity index (χ2n) is 9.35. The predicted molar refractivity (Wildman–Crippen MR) is 133 cm³/mol. The third-order valence-corrected chi connectivity index (χ3v) is 6.82. The Bertz CT molecular complexity index is 1510. The summed E-state index contributed by atoms with van der Waals surface area (Å²) in [5, 5.41) is 27.3. The fourth-order valence-electron chi connectivity index (χ4n) is 4.68. The molecule has 2 aromatic carbocycles. The molecule has 4 aromatic rings. The topological polar surface area (TPSA) is 135 Å². The minimum Gasteiger partial charge on any atom is -0.425 e. The molecule has 1 saturated heterocycles. The van der Waals surface area contributed by atoms with Crippen LogP contribution >= 0.6 is 0 Å². The van der Waals surface area contributed by atoms with E-state index >= 15 is 4.39 Å². The number of aromatic nitrogens is 7. The summed E-state index contributed by atoms with van der Waals surface area (Å²) in [6.07, 6.45) is 4.29. The average Bonchev–Trinajstić information content (AvgIpc) is 3.69. The van der Waals surface area contributed by atoms with E-state index in [1.807, 2.05) is 0 Å². The molecule has 0 radical (unpaired) electrons. The van der Waals surface area contributed by atoms with Crippen LogP contribution in [0.2, 0.25) is 0 Å². The molecule has 40 heavy (non-hydrogen) atoms. The lowest BCUT2D eigenvalue weighted by Crippen LogP contribution is -2.58. The molecule has 0 bridgehead atoms. The Morgan fingerprint density at radius 3 is 2.58 bits per heavy atom. The highest BCUT2D eigenvalue weighted by molar-refractivity contribution is 5.94. The first-order valence-corrected chi connectivity index (χ1v) is 12.3. The summed E-state index contributed by atoms with van der Waals surface area (Å²) in [6.45, 7) is 3.03. The number of rotatable bonds is 9. The molecule has 2 atom stereocenters. The van der Waals surface area contributed by atoms with Crippen LogP contribution in [0.5, 0.6) is 0 Å². The van der Waals surface area contributed by atoms with Crippen molar-refractivity contribution in [2.24, 2.45) is 0 Å². The number of carbonyl (C=O) groups excluding carboxylic acids is 2. The average molecular weight is 555 g/mol. The highest BCUT2D eigenvalue weighted by Crippen LogP contribution is 2.34. The van der Waals surface area contributed by atoms with Crippen LogP contribution in [0.25, 0.3) is 5.69 Å². The Hall–Kier alpha value is -4.79. The summed E-state index contributed by atoms with van der Waals surface area (Å²) in [5.41, 5.74) is -0.886. The van der Waals surface area contributed by atoms with Gasteiger partial charge in [-0.3, -0.25) is 9.69 Å². The smallest absolute Gasteiger partial charge is 0.324 e. The molecule has 3 heterocycles. The number of anilines is 1. The lowest BCUT2D eigenvalue weighted by atomic mass is 9.85. The van der Waals surface area contributed by atoms with Crippen molar-refractivity contribution in [3.05, 3.63) is 78.6 Å². The van der Waals surface area contributed by atoms with Gasteiger partial charge in [-0.25, -0.2) is 18.3 Å². The number of hydrogen-bond donors (Lipinski definition) is 1. The lowest BCUT2D eigenvalue weighted by molar-refractivity contribution is -0.765. The van der Waals surface area contributed by atoms with Gasteiger partial charge in [0.15, 0.2) is 5.60 Å². The fourth-order valence-corrected chi connectivity index (χ4v) is 4.68. The maximum absolute atomic E-state index is 15.1. The van der Waals surface area contributed by atoms with E-state index in [2.05, 4.69) is 20.6 Å². The van der Waals surface area contributed by atoms with E-state index < -0.39 is 35.3 Å². The maximum atomic E-state index is 15.1. The normalized spacial score (nSPS) is 15.8. The van der Waals surface area contributed by atoms with Gasteiger partial charge in [0.25, 0.3) is 6.33 Å². The summed E-state index contributed by atoms with van der Waals surface area (Å²) in [4.78, 5) is 27.7. The Morgan fingerprint density at radius 2 is 1.90 bits per heavy atom. The minimum absolute atomic E-state index is 0.111. The summed E-state index contributed by atoms with van der Waals surface area (Å²) in [5.74, 6) is -2.25. The largest absolute Gasteiger partial charge is 0.425 e. The Morgan fingerprint density at radius 1 is 1.15 bits per heavy atom. The van der Waals surface area contributed by atoms with Crippen LogP contribution < -0.4 is 9.58 Å². The van der Waals surface area contributed by atoms with Crippen molar-refractivity contribution in [1.29, 1.82) is 0 Å². The van der Waals surface area contributed by atoms with Gasteiger partial charge in [-0.05, 0) is 52.8 Å². The van der Waals surface area contributed by atoms with Gasteiger partial charge in [-0.2, -0.15) is 4.57 Å². The third-order valence-electron chi connectivity index (χ3n) is 6.82. The van der Waals surface area contributed by atoms with Crippen molar-refractivity contribution in [3.63, 3.8) is 0 Å². The molecule has 5 rings (SSSR count). The van der Waals surface area contributed by atoms with Gasteiger partial charge in [0.2, 0.25) is 13.1 Å². The molecule has 1 N–H and O–H groups in total.